The maximum absolute atomic E-state index is 14.2. The lowest BCUT2D eigenvalue weighted by molar-refractivity contribution is 0.105. The number of fused-ring (bicyclic) bond motifs is 1. The van der Waals surface area contributed by atoms with Gasteiger partial charge in [0.05, 0.1) is 17.6 Å². The Morgan fingerprint density at radius 3 is 2.29 bits per heavy atom. The maximum Gasteiger partial charge on any atom is 0.328 e. The van der Waals surface area contributed by atoms with E-state index >= 15 is 0 Å². The number of rotatable bonds is 7. The summed E-state index contributed by atoms with van der Waals surface area (Å²) in [5.41, 5.74) is 4.45. The zero-order valence-electron chi connectivity index (χ0n) is 16.9. The summed E-state index contributed by atoms with van der Waals surface area (Å²) >= 11 is 0. The fourth-order valence-electron chi connectivity index (χ4n) is 3.74. The van der Waals surface area contributed by atoms with Crippen molar-refractivity contribution in [3.63, 3.8) is 0 Å². The number of halogens is 1. The molecule has 28 heavy (non-hydrogen) atoms. The molecule has 0 fully saturated rings. The number of hydrogen-bond acceptors (Lipinski definition) is 3. The van der Waals surface area contributed by atoms with Gasteiger partial charge in [-0.1, -0.05) is 25.1 Å². The van der Waals surface area contributed by atoms with Crippen LogP contribution >= 0.6 is 0 Å². The molecule has 0 radical (unpaired) electrons. The number of aliphatic hydroxyl groups is 1. The molecular formula is C22H28FN3O2. The van der Waals surface area contributed by atoms with Crippen molar-refractivity contribution in [2.24, 2.45) is 14.1 Å². The lowest BCUT2D eigenvalue weighted by atomic mass is 10.0. The summed E-state index contributed by atoms with van der Waals surface area (Å²) in [7, 11) is 3.54. The first-order valence-corrected chi connectivity index (χ1v) is 9.60. The van der Waals surface area contributed by atoms with Crippen molar-refractivity contribution in [3.8, 4) is 0 Å². The highest BCUT2D eigenvalue weighted by atomic mass is 19.1. The highest BCUT2D eigenvalue weighted by Crippen LogP contribution is 2.23. The van der Waals surface area contributed by atoms with Crippen LogP contribution in [0.5, 0.6) is 0 Å². The Kier molecular flexibility index (Phi) is 6.01. The van der Waals surface area contributed by atoms with E-state index in [0.717, 1.165) is 28.6 Å². The second-order valence-electron chi connectivity index (χ2n) is 7.41. The Labute approximate surface area is 164 Å². The molecule has 1 atom stereocenters. The fourth-order valence-corrected chi connectivity index (χ4v) is 3.74. The van der Waals surface area contributed by atoms with E-state index in [1.54, 1.807) is 35.4 Å². The van der Waals surface area contributed by atoms with Crippen molar-refractivity contribution < 1.29 is 9.50 Å². The van der Waals surface area contributed by atoms with E-state index in [1.807, 2.05) is 32.0 Å². The topological polar surface area (TPSA) is 50.4 Å². The second-order valence-corrected chi connectivity index (χ2v) is 7.41. The predicted octanol–water partition coefficient (Wildman–Crippen LogP) is 3.10. The van der Waals surface area contributed by atoms with Crippen molar-refractivity contribution in [1.82, 2.24) is 14.0 Å². The van der Waals surface area contributed by atoms with Gasteiger partial charge in [0.2, 0.25) is 0 Å². The predicted molar refractivity (Wildman–Crippen MR) is 110 cm³/mol. The maximum atomic E-state index is 14.2. The van der Waals surface area contributed by atoms with Crippen LogP contribution in [-0.4, -0.2) is 31.8 Å². The summed E-state index contributed by atoms with van der Waals surface area (Å²) in [4.78, 5) is 14.4. The number of nitrogens with zero attached hydrogens (tertiary/aromatic N) is 3. The first-order valence-electron chi connectivity index (χ1n) is 9.60. The van der Waals surface area contributed by atoms with Gasteiger partial charge in [0.15, 0.2) is 0 Å². The van der Waals surface area contributed by atoms with Crippen molar-refractivity contribution in [2.75, 3.05) is 6.61 Å². The van der Waals surface area contributed by atoms with Gasteiger partial charge in [-0.05, 0) is 42.7 Å². The molecule has 2 aromatic carbocycles. The number of hydrogen-bond donors (Lipinski definition) is 1. The monoisotopic (exact) mass is 385 g/mol. The summed E-state index contributed by atoms with van der Waals surface area (Å²) in [5, 5.41) is 9.86. The molecule has 1 aromatic heterocycles. The Balaban J connectivity index is 2.00. The number of aliphatic hydroxyl groups excluding tert-OH is 1. The molecule has 0 spiro atoms. The van der Waals surface area contributed by atoms with Gasteiger partial charge in [-0.2, -0.15) is 0 Å². The van der Waals surface area contributed by atoms with E-state index in [0.29, 0.717) is 18.7 Å². The third-order valence-electron chi connectivity index (χ3n) is 5.63. The summed E-state index contributed by atoms with van der Waals surface area (Å²) in [6.07, 6.45) is 0.760. The second kappa shape index (κ2) is 8.29. The molecule has 0 aliphatic carbocycles. The molecule has 1 N–H and O–H groups in total. The quantitative estimate of drug-likeness (QED) is 0.680. The lowest BCUT2D eigenvalue weighted by Gasteiger charge is -2.30. The molecule has 5 nitrogen and oxygen atoms in total. The molecular weight excluding hydrogens is 357 g/mol. The Bertz CT molecular complexity index is 1030. The van der Waals surface area contributed by atoms with Crippen molar-refractivity contribution in [1.29, 1.82) is 0 Å². The fraction of sp³-hybridized carbons (Fsp3) is 0.409. The molecule has 3 rings (SSSR count). The van der Waals surface area contributed by atoms with Gasteiger partial charge in [0.1, 0.15) is 5.82 Å². The van der Waals surface area contributed by atoms with Crippen LogP contribution in [-0.2, 0) is 27.2 Å². The van der Waals surface area contributed by atoms with Crippen molar-refractivity contribution in [3.05, 3.63) is 69.4 Å². The highest BCUT2D eigenvalue weighted by Gasteiger charge is 2.20. The van der Waals surface area contributed by atoms with Gasteiger partial charge >= 0.3 is 5.69 Å². The van der Waals surface area contributed by atoms with Crippen LogP contribution in [0, 0.1) is 12.7 Å². The van der Waals surface area contributed by atoms with Gasteiger partial charge in [0, 0.05) is 38.8 Å². The Morgan fingerprint density at radius 2 is 1.68 bits per heavy atom. The lowest BCUT2D eigenvalue weighted by Crippen LogP contribution is -2.37. The van der Waals surface area contributed by atoms with E-state index in [4.69, 9.17) is 0 Å². The van der Waals surface area contributed by atoms with Gasteiger partial charge < -0.3 is 5.11 Å². The standard InChI is InChI=1S/C22H28FN3O2/c1-5-18(14-27)26(12-16-8-6-7-9-19(16)23)13-17-11-21-20(10-15(17)2)24(3)22(28)25(21)4/h6-11,18,27H,5,12-14H2,1-4H3. The van der Waals surface area contributed by atoms with Crippen LogP contribution in [0.25, 0.3) is 11.0 Å². The van der Waals surface area contributed by atoms with Gasteiger partial charge in [0.25, 0.3) is 0 Å². The molecule has 0 saturated carbocycles. The third kappa shape index (κ3) is 3.75. The third-order valence-corrected chi connectivity index (χ3v) is 5.63. The van der Waals surface area contributed by atoms with Crippen LogP contribution in [0.1, 0.15) is 30.0 Å². The molecule has 0 aliphatic heterocycles. The van der Waals surface area contributed by atoms with E-state index in [2.05, 4.69) is 4.90 Å². The Morgan fingerprint density at radius 1 is 1.07 bits per heavy atom. The van der Waals surface area contributed by atoms with Crippen LogP contribution < -0.4 is 5.69 Å². The van der Waals surface area contributed by atoms with Crippen LogP contribution in [0.3, 0.4) is 0 Å². The normalized spacial score (nSPS) is 12.8. The average molecular weight is 385 g/mol. The van der Waals surface area contributed by atoms with E-state index in [9.17, 15) is 14.3 Å². The van der Waals surface area contributed by atoms with Crippen molar-refractivity contribution in [2.45, 2.75) is 39.4 Å². The summed E-state index contributed by atoms with van der Waals surface area (Å²) < 4.78 is 17.5. The molecule has 1 heterocycles. The zero-order valence-corrected chi connectivity index (χ0v) is 16.9. The summed E-state index contributed by atoms with van der Waals surface area (Å²) in [6, 6.07) is 10.7. The smallest absolute Gasteiger partial charge is 0.328 e. The molecule has 0 bridgehead atoms. The van der Waals surface area contributed by atoms with Gasteiger partial charge in [-0.25, -0.2) is 9.18 Å². The minimum atomic E-state index is -0.238. The molecule has 6 heteroatoms. The highest BCUT2D eigenvalue weighted by molar-refractivity contribution is 5.78. The summed E-state index contributed by atoms with van der Waals surface area (Å²) in [6.45, 7) is 5.03. The molecule has 3 aromatic rings. The minimum absolute atomic E-state index is 0.00999. The first-order chi connectivity index (χ1) is 13.4. The summed E-state index contributed by atoms with van der Waals surface area (Å²) in [5.74, 6) is -0.238. The number of benzene rings is 2. The molecule has 0 amide bonds. The van der Waals surface area contributed by atoms with Gasteiger partial charge in [-0.15, -0.1) is 0 Å². The van der Waals surface area contributed by atoms with Crippen LogP contribution in [0.15, 0.2) is 41.2 Å². The largest absolute Gasteiger partial charge is 0.395 e. The number of aryl methyl sites for hydroxylation is 3. The minimum Gasteiger partial charge on any atom is -0.395 e. The van der Waals surface area contributed by atoms with E-state index in [1.165, 1.54) is 6.07 Å². The van der Waals surface area contributed by atoms with Gasteiger partial charge in [-0.3, -0.25) is 14.0 Å². The average Bonchev–Trinajstić information content (AvgIpc) is 2.88. The molecule has 0 aliphatic rings. The SMILES string of the molecule is CCC(CO)N(Cc1cc2c(cc1C)n(C)c(=O)n2C)Cc1ccccc1F. The Hall–Kier alpha value is -2.44. The first kappa shape index (κ1) is 20.3. The molecule has 150 valence electrons. The zero-order chi connectivity index (χ0) is 20.4. The van der Waals surface area contributed by atoms with Crippen LogP contribution in [0.2, 0.25) is 0 Å². The molecule has 1 unspecified atom stereocenters. The van der Waals surface area contributed by atoms with Crippen molar-refractivity contribution >= 4 is 11.0 Å². The number of aromatic nitrogens is 2. The molecule has 0 saturated heterocycles. The number of imidazole rings is 1. The van der Waals surface area contributed by atoms with Crippen LogP contribution in [0.4, 0.5) is 4.39 Å². The van der Waals surface area contributed by atoms with E-state index < -0.39 is 0 Å². The van der Waals surface area contributed by atoms with E-state index in [-0.39, 0.29) is 24.2 Å².